The second kappa shape index (κ2) is 6.98. The lowest BCUT2D eigenvalue weighted by Gasteiger charge is -2.23. The van der Waals surface area contributed by atoms with Crippen molar-refractivity contribution in [2.75, 3.05) is 6.54 Å². The number of aromatic nitrogens is 1. The third-order valence-electron chi connectivity index (χ3n) is 3.80. The summed E-state index contributed by atoms with van der Waals surface area (Å²) in [5, 5.41) is 6.49. The highest BCUT2D eigenvalue weighted by molar-refractivity contribution is 5.67. The largest absolute Gasteiger partial charge is 0.444 e. The Balaban J connectivity index is 1.73. The fourth-order valence-electron chi connectivity index (χ4n) is 2.80. The molecule has 3 N–H and O–H groups in total. The van der Waals surface area contributed by atoms with E-state index in [1.807, 2.05) is 33.2 Å². The highest BCUT2D eigenvalue weighted by Gasteiger charge is 2.27. The molecular weight excluding hydrogens is 266 g/mol. The quantitative estimate of drug-likeness (QED) is 0.782. The first-order valence-corrected chi connectivity index (χ1v) is 7.76. The zero-order valence-corrected chi connectivity index (χ0v) is 13.2. The summed E-state index contributed by atoms with van der Waals surface area (Å²) >= 11 is 0. The number of H-pyrrole nitrogens is 1. The number of nitrogens with one attached hydrogen (secondary N) is 3. The number of amides is 1. The van der Waals surface area contributed by atoms with Gasteiger partial charge in [-0.3, -0.25) is 0 Å². The van der Waals surface area contributed by atoms with Crippen LogP contribution in [0.1, 0.15) is 45.6 Å². The Bertz CT molecular complexity index is 437. The molecule has 118 valence electrons. The first kappa shape index (κ1) is 15.9. The summed E-state index contributed by atoms with van der Waals surface area (Å²) in [5.74, 6) is 0.483. The third-order valence-corrected chi connectivity index (χ3v) is 3.80. The number of hydrogen-bond acceptors (Lipinski definition) is 3. The van der Waals surface area contributed by atoms with Crippen LogP contribution in [-0.2, 0) is 11.3 Å². The molecule has 0 saturated heterocycles. The van der Waals surface area contributed by atoms with E-state index in [2.05, 4.69) is 21.7 Å². The van der Waals surface area contributed by atoms with Crippen molar-refractivity contribution < 1.29 is 9.53 Å². The van der Waals surface area contributed by atoms with E-state index in [0.717, 1.165) is 13.0 Å². The Labute approximate surface area is 126 Å². The third kappa shape index (κ3) is 5.42. The molecule has 1 aliphatic rings. The lowest BCUT2D eigenvalue weighted by atomic mass is 10.0. The summed E-state index contributed by atoms with van der Waals surface area (Å²) in [7, 11) is 0. The molecule has 0 spiro atoms. The van der Waals surface area contributed by atoms with Crippen molar-refractivity contribution >= 4 is 6.09 Å². The molecule has 5 nitrogen and oxygen atoms in total. The molecule has 0 radical (unpaired) electrons. The van der Waals surface area contributed by atoms with Crippen LogP contribution in [0.15, 0.2) is 18.5 Å². The van der Waals surface area contributed by atoms with Crippen molar-refractivity contribution in [3.05, 3.63) is 24.0 Å². The molecule has 1 aromatic heterocycles. The molecule has 21 heavy (non-hydrogen) atoms. The highest BCUT2D eigenvalue weighted by atomic mass is 16.6. The first-order chi connectivity index (χ1) is 9.94. The molecule has 0 aromatic carbocycles. The molecule has 0 aliphatic heterocycles. The monoisotopic (exact) mass is 293 g/mol. The van der Waals surface area contributed by atoms with Crippen molar-refractivity contribution in [3.63, 3.8) is 0 Å². The van der Waals surface area contributed by atoms with Gasteiger partial charge in [0.25, 0.3) is 0 Å². The van der Waals surface area contributed by atoms with E-state index in [9.17, 15) is 4.79 Å². The van der Waals surface area contributed by atoms with Crippen molar-refractivity contribution in [1.82, 2.24) is 15.6 Å². The number of alkyl carbamates (subject to hydrolysis) is 1. The Hall–Kier alpha value is -1.49. The summed E-state index contributed by atoms with van der Waals surface area (Å²) in [6.45, 7) is 7.19. The molecule has 2 atom stereocenters. The molecule has 0 bridgehead atoms. The molecule has 1 aromatic rings. The molecule has 1 amide bonds. The summed E-state index contributed by atoms with van der Waals surface area (Å²) in [6, 6.07) is 2.55. The van der Waals surface area contributed by atoms with E-state index in [4.69, 9.17) is 4.74 Å². The number of aromatic amines is 1. The summed E-state index contributed by atoms with van der Waals surface area (Å²) in [5.41, 5.74) is 0.826. The van der Waals surface area contributed by atoms with E-state index in [1.54, 1.807) is 0 Å². The molecule has 1 fully saturated rings. The summed E-state index contributed by atoms with van der Waals surface area (Å²) in [4.78, 5) is 14.8. The normalized spacial score (nSPS) is 22.2. The van der Waals surface area contributed by atoms with Gasteiger partial charge in [0.15, 0.2) is 0 Å². The van der Waals surface area contributed by atoms with Gasteiger partial charge in [0.2, 0.25) is 0 Å². The maximum atomic E-state index is 11.7. The van der Waals surface area contributed by atoms with Crippen LogP contribution in [0, 0.1) is 5.92 Å². The van der Waals surface area contributed by atoms with E-state index in [-0.39, 0.29) is 6.09 Å². The minimum atomic E-state index is -0.439. The first-order valence-electron chi connectivity index (χ1n) is 7.76. The minimum absolute atomic E-state index is 0.321. The van der Waals surface area contributed by atoms with Crippen LogP contribution in [0.25, 0.3) is 0 Å². The lowest BCUT2D eigenvalue weighted by molar-refractivity contribution is 0.0517. The number of carbonyl (C=O) groups is 1. The van der Waals surface area contributed by atoms with Gasteiger partial charge in [-0.2, -0.15) is 0 Å². The predicted octanol–water partition coefficient (Wildman–Crippen LogP) is 2.80. The summed E-state index contributed by atoms with van der Waals surface area (Å²) in [6.07, 6.45) is 7.17. The van der Waals surface area contributed by atoms with Gasteiger partial charge < -0.3 is 20.4 Å². The van der Waals surface area contributed by atoms with Crippen molar-refractivity contribution in [1.29, 1.82) is 0 Å². The Kier molecular flexibility index (Phi) is 5.28. The fraction of sp³-hybridized carbons (Fsp3) is 0.688. The molecule has 2 rings (SSSR count). The molecule has 1 saturated carbocycles. The molecular formula is C16H27N3O2. The smallest absolute Gasteiger partial charge is 0.407 e. The second-order valence-corrected chi connectivity index (χ2v) is 6.78. The average Bonchev–Trinajstić information content (AvgIpc) is 3.03. The Morgan fingerprint density at radius 2 is 2.24 bits per heavy atom. The van der Waals surface area contributed by atoms with Crippen LogP contribution in [-0.4, -0.2) is 29.3 Å². The minimum Gasteiger partial charge on any atom is -0.444 e. The van der Waals surface area contributed by atoms with Gasteiger partial charge in [-0.05, 0) is 51.2 Å². The zero-order valence-electron chi connectivity index (χ0n) is 13.2. The lowest BCUT2D eigenvalue weighted by Crippen LogP contribution is -2.40. The summed E-state index contributed by atoms with van der Waals surface area (Å²) < 4.78 is 5.28. The van der Waals surface area contributed by atoms with Crippen LogP contribution < -0.4 is 10.6 Å². The van der Waals surface area contributed by atoms with E-state index < -0.39 is 5.60 Å². The molecule has 0 unspecified atom stereocenters. The number of hydrogen-bond donors (Lipinski definition) is 3. The molecule has 5 heteroatoms. The molecule has 1 heterocycles. The van der Waals surface area contributed by atoms with E-state index >= 15 is 0 Å². The Morgan fingerprint density at radius 3 is 2.90 bits per heavy atom. The van der Waals surface area contributed by atoms with Crippen LogP contribution in [0.2, 0.25) is 0 Å². The van der Waals surface area contributed by atoms with Gasteiger partial charge in [0.1, 0.15) is 5.60 Å². The van der Waals surface area contributed by atoms with Crippen LogP contribution in [0.4, 0.5) is 4.79 Å². The Morgan fingerprint density at radius 1 is 1.43 bits per heavy atom. The van der Waals surface area contributed by atoms with Gasteiger partial charge in [0.05, 0.1) is 0 Å². The zero-order chi connectivity index (χ0) is 15.3. The standard InChI is InChI=1S/C16H27N3O2/c1-16(2,3)21-15(20)19-11-13-5-4-6-14(13)18-10-12-7-8-17-9-12/h7-9,13-14,17-18H,4-6,10-11H2,1-3H3,(H,19,20)/t13-,14-/m1/s1. The maximum Gasteiger partial charge on any atom is 0.407 e. The van der Waals surface area contributed by atoms with Gasteiger partial charge >= 0.3 is 6.09 Å². The number of rotatable bonds is 5. The predicted molar refractivity (Wildman–Crippen MR) is 83.0 cm³/mol. The van der Waals surface area contributed by atoms with E-state index in [0.29, 0.717) is 18.5 Å². The van der Waals surface area contributed by atoms with Gasteiger partial charge in [-0.15, -0.1) is 0 Å². The van der Waals surface area contributed by atoms with Crippen molar-refractivity contribution in [3.8, 4) is 0 Å². The second-order valence-electron chi connectivity index (χ2n) is 6.78. The van der Waals surface area contributed by atoms with Gasteiger partial charge in [-0.1, -0.05) is 6.42 Å². The number of ether oxygens (including phenoxy) is 1. The van der Waals surface area contributed by atoms with Crippen LogP contribution in [0.5, 0.6) is 0 Å². The highest BCUT2D eigenvalue weighted by Crippen LogP contribution is 2.25. The average molecular weight is 293 g/mol. The van der Waals surface area contributed by atoms with Crippen molar-refractivity contribution in [2.45, 2.75) is 58.2 Å². The molecule has 1 aliphatic carbocycles. The topological polar surface area (TPSA) is 66.2 Å². The number of carbonyl (C=O) groups excluding carboxylic acids is 1. The van der Waals surface area contributed by atoms with E-state index in [1.165, 1.54) is 18.4 Å². The maximum absolute atomic E-state index is 11.7. The van der Waals surface area contributed by atoms with Gasteiger partial charge in [0, 0.05) is 31.5 Å². The van der Waals surface area contributed by atoms with Crippen LogP contribution >= 0.6 is 0 Å². The van der Waals surface area contributed by atoms with Crippen LogP contribution in [0.3, 0.4) is 0 Å². The SMILES string of the molecule is CC(C)(C)OC(=O)NC[C@H]1CCC[C@H]1NCc1cc[nH]c1. The van der Waals surface area contributed by atoms with Crippen molar-refractivity contribution in [2.24, 2.45) is 5.92 Å². The fourth-order valence-corrected chi connectivity index (χ4v) is 2.80. The van der Waals surface area contributed by atoms with Gasteiger partial charge in [-0.25, -0.2) is 4.79 Å².